The van der Waals surface area contributed by atoms with Crippen molar-refractivity contribution < 1.29 is 19.0 Å². The lowest BCUT2D eigenvalue weighted by molar-refractivity contribution is -0.121. The zero-order valence-electron chi connectivity index (χ0n) is 15.4. The third-order valence-electron chi connectivity index (χ3n) is 4.20. The van der Waals surface area contributed by atoms with E-state index in [2.05, 4.69) is 22.1 Å². The molecule has 1 aliphatic rings. The fraction of sp³-hybridized carbons (Fsp3) is 0.190. The normalized spacial score (nSPS) is 11.6. The summed E-state index contributed by atoms with van der Waals surface area (Å²) in [5.74, 6) is 7.24. The van der Waals surface area contributed by atoms with Gasteiger partial charge in [0, 0.05) is 6.07 Å². The summed E-state index contributed by atoms with van der Waals surface area (Å²) in [6.07, 6.45) is 1.37. The number of amides is 1. The molecule has 1 amide bonds. The van der Waals surface area contributed by atoms with Crippen molar-refractivity contribution in [1.82, 2.24) is 14.9 Å². The van der Waals surface area contributed by atoms with E-state index in [0.29, 0.717) is 28.2 Å². The van der Waals surface area contributed by atoms with Crippen molar-refractivity contribution in [2.24, 2.45) is 0 Å². The molecule has 0 unspecified atom stereocenters. The first-order valence-electron chi connectivity index (χ1n) is 8.90. The van der Waals surface area contributed by atoms with Crippen LogP contribution in [0, 0.1) is 11.8 Å². The second kappa shape index (κ2) is 8.35. The Morgan fingerprint density at radius 2 is 2.03 bits per heavy atom. The number of hydrogen-bond acceptors (Lipinski definition) is 6. The lowest BCUT2D eigenvalue weighted by Crippen LogP contribution is -2.32. The van der Waals surface area contributed by atoms with E-state index in [9.17, 15) is 9.59 Å². The second-order valence-corrected chi connectivity index (χ2v) is 6.13. The average Bonchev–Trinajstić information content (AvgIpc) is 3.21. The SMILES string of the molecule is O=C(Cn1cnc2ccccc2c1=O)NCC#CCOc1ccc2c(c1)OCO2. The first-order valence-corrected chi connectivity index (χ1v) is 8.90. The number of nitrogens with zero attached hydrogens (tertiary/aromatic N) is 2. The van der Waals surface area contributed by atoms with Crippen LogP contribution in [0.2, 0.25) is 0 Å². The number of hydrogen-bond donors (Lipinski definition) is 1. The van der Waals surface area contributed by atoms with Gasteiger partial charge in [0.25, 0.3) is 5.56 Å². The predicted molar refractivity (Wildman–Crippen MR) is 105 cm³/mol. The molecule has 8 heteroatoms. The van der Waals surface area contributed by atoms with Gasteiger partial charge < -0.3 is 19.5 Å². The molecule has 1 aliphatic heterocycles. The zero-order valence-corrected chi connectivity index (χ0v) is 15.4. The van der Waals surface area contributed by atoms with Gasteiger partial charge in [-0.25, -0.2) is 4.98 Å². The van der Waals surface area contributed by atoms with Crippen molar-refractivity contribution in [3.63, 3.8) is 0 Å². The molecular formula is C21H17N3O5. The molecule has 8 nitrogen and oxygen atoms in total. The summed E-state index contributed by atoms with van der Waals surface area (Å²) >= 11 is 0. The lowest BCUT2D eigenvalue weighted by Gasteiger charge is -2.06. The van der Waals surface area contributed by atoms with Crippen molar-refractivity contribution >= 4 is 16.8 Å². The fourth-order valence-corrected chi connectivity index (χ4v) is 2.77. The highest BCUT2D eigenvalue weighted by molar-refractivity contribution is 5.78. The molecule has 3 aromatic rings. The van der Waals surface area contributed by atoms with Crippen LogP contribution in [-0.4, -0.2) is 35.4 Å². The van der Waals surface area contributed by atoms with Gasteiger partial charge in [-0.05, 0) is 24.3 Å². The molecule has 2 heterocycles. The number of benzene rings is 2. The highest BCUT2D eigenvalue weighted by Crippen LogP contribution is 2.34. The summed E-state index contributed by atoms with van der Waals surface area (Å²) in [4.78, 5) is 28.6. The number of fused-ring (bicyclic) bond motifs is 2. The van der Waals surface area contributed by atoms with Crippen LogP contribution in [0.15, 0.2) is 53.6 Å². The number of nitrogens with one attached hydrogen (secondary N) is 1. The molecule has 0 saturated carbocycles. The van der Waals surface area contributed by atoms with E-state index in [1.54, 1.807) is 42.5 Å². The third kappa shape index (κ3) is 4.30. The Kier molecular flexibility index (Phi) is 5.29. The van der Waals surface area contributed by atoms with Gasteiger partial charge in [0.15, 0.2) is 11.5 Å². The van der Waals surface area contributed by atoms with Crippen LogP contribution in [0.3, 0.4) is 0 Å². The van der Waals surface area contributed by atoms with E-state index in [1.165, 1.54) is 10.9 Å². The minimum Gasteiger partial charge on any atom is -0.481 e. The van der Waals surface area contributed by atoms with Crippen molar-refractivity contribution in [3.05, 3.63) is 59.1 Å². The van der Waals surface area contributed by atoms with Crippen molar-refractivity contribution in [2.45, 2.75) is 6.54 Å². The predicted octanol–water partition coefficient (Wildman–Crippen LogP) is 1.32. The molecular weight excluding hydrogens is 374 g/mol. The molecule has 29 heavy (non-hydrogen) atoms. The summed E-state index contributed by atoms with van der Waals surface area (Å²) in [6, 6.07) is 12.3. The smallest absolute Gasteiger partial charge is 0.261 e. The van der Waals surface area contributed by atoms with Gasteiger partial charge in [-0.2, -0.15) is 0 Å². The maximum Gasteiger partial charge on any atom is 0.261 e. The number of ether oxygens (including phenoxy) is 3. The number of carbonyl (C=O) groups is 1. The highest BCUT2D eigenvalue weighted by Gasteiger charge is 2.13. The largest absolute Gasteiger partial charge is 0.481 e. The van der Waals surface area contributed by atoms with Gasteiger partial charge >= 0.3 is 0 Å². The summed E-state index contributed by atoms with van der Waals surface area (Å²) in [7, 11) is 0. The molecule has 0 bridgehead atoms. The van der Waals surface area contributed by atoms with E-state index in [0.717, 1.165) is 0 Å². The fourth-order valence-electron chi connectivity index (χ4n) is 2.77. The number of aromatic nitrogens is 2. The van der Waals surface area contributed by atoms with Gasteiger partial charge in [-0.15, -0.1) is 0 Å². The zero-order chi connectivity index (χ0) is 20.1. The van der Waals surface area contributed by atoms with Crippen LogP contribution < -0.4 is 25.1 Å². The summed E-state index contributed by atoms with van der Waals surface area (Å²) in [6.45, 7) is 0.411. The molecule has 0 saturated heterocycles. The van der Waals surface area contributed by atoms with Crippen LogP contribution in [0.25, 0.3) is 10.9 Å². The molecule has 2 aromatic carbocycles. The Bertz CT molecular complexity index is 1180. The number of para-hydroxylation sites is 1. The molecule has 1 aromatic heterocycles. The van der Waals surface area contributed by atoms with Crippen molar-refractivity contribution in [1.29, 1.82) is 0 Å². The summed E-state index contributed by atoms with van der Waals surface area (Å²) < 4.78 is 17.3. The topological polar surface area (TPSA) is 91.7 Å². The third-order valence-corrected chi connectivity index (χ3v) is 4.20. The van der Waals surface area contributed by atoms with E-state index >= 15 is 0 Å². The van der Waals surface area contributed by atoms with Crippen LogP contribution in [-0.2, 0) is 11.3 Å². The Morgan fingerprint density at radius 3 is 2.97 bits per heavy atom. The maximum absolute atomic E-state index is 12.4. The minimum atomic E-state index is -0.324. The number of rotatable bonds is 5. The van der Waals surface area contributed by atoms with Crippen LogP contribution >= 0.6 is 0 Å². The van der Waals surface area contributed by atoms with Gasteiger partial charge in [0.1, 0.15) is 18.9 Å². The molecule has 0 radical (unpaired) electrons. The van der Waals surface area contributed by atoms with E-state index in [1.807, 2.05) is 0 Å². The molecule has 0 aliphatic carbocycles. The van der Waals surface area contributed by atoms with Gasteiger partial charge in [0.05, 0.1) is 23.8 Å². The van der Waals surface area contributed by atoms with Gasteiger partial charge in [-0.3, -0.25) is 14.2 Å². The van der Waals surface area contributed by atoms with Crippen molar-refractivity contribution in [2.75, 3.05) is 19.9 Å². The first kappa shape index (κ1) is 18.4. The molecule has 0 spiro atoms. The number of carbonyl (C=O) groups excluding carboxylic acids is 1. The van der Waals surface area contributed by atoms with E-state index in [-0.39, 0.29) is 38.0 Å². The highest BCUT2D eigenvalue weighted by atomic mass is 16.7. The quantitative estimate of drug-likeness (QED) is 0.660. The second-order valence-electron chi connectivity index (χ2n) is 6.13. The Morgan fingerprint density at radius 1 is 1.17 bits per heavy atom. The van der Waals surface area contributed by atoms with E-state index < -0.39 is 0 Å². The molecule has 0 atom stereocenters. The molecule has 0 fully saturated rings. The Hall–Kier alpha value is -3.99. The standard InChI is InChI=1S/C21H17N3O5/c25-20(12-24-13-23-17-6-2-1-5-16(17)21(24)26)22-9-3-4-10-27-15-7-8-18-19(11-15)29-14-28-18/h1-2,5-8,11,13H,9-10,12,14H2,(H,22,25). The molecule has 146 valence electrons. The first-order chi connectivity index (χ1) is 14.2. The van der Waals surface area contributed by atoms with Crippen LogP contribution in [0.4, 0.5) is 0 Å². The van der Waals surface area contributed by atoms with E-state index in [4.69, 9.17) is 14.2 Å². The monoisotopic (exact) mass is 391 g/mol. The molecule has 4 rings (SSSR count). The summed E-state index contributed by atoms with van der Waals surface area (Å²) in [5, 5.41) is 3.12. The van der Waals surface area contributed by atoms with Crippen molar-refractivity contribution in [3.8, 4) is 29.1 Å². The van der Waals surface area contributed by atoms with Crippen LogP contribution in [0.1, 0.15) is 0 Å². The maximum atomic E-state index is 12.4. The van der Waals surface area contributed by atoms with Gasteiger partial charge in [0.2, 0.25) is 12.7 Å². The van der Waals surface area contributed by atoms with Crippen LogP contribution in [0.5, 0.6) is 17.2 Å². The average molecular weight is 391 g/mol. The molecule has 1 N–H and O–H groups in total. The van der Waals surface area contributed by atoms with Gasteiger partial charge in [-0.1, -0.05) is 24.0 Å². The Labute approximate surface area is 166 Å². The summed E-state index contributed by atoms with van der Waals surface area (Å²) in [5.41, 5.74) is 0.344. The minimum absolute atomic E-state index is 0.119. The Balaban J connectivity index is 1.25. The lowest BCUT2D eigenvalue weighted by atomic mass is 10.2.